The van der Waals surface area contributed by atoms with Gasteiger partial charge < -0.3 is 10.5 Å². The Labute approximate surface area is 135 Å². The smallest absolute Gasteiger partial charge is 0.242 e. The van der Waals surface area contributed by atoms with Gasteiger partial charge in [-0.1, -0.05) is 15.9 Å². The number of nitrogens with two attached hydrogens (primary N) is 1. The molecule has 0 amide bonds. The fraction of sp³-hybridized carbons (Fsp3) is 0.267. The van der Waals surface area contributed by atoms with Crippen LogP contribution < -0.4 is 10.5 Å². The van der Waals surface area contributed by atoms with Crippen molar-refractivity contribution in [2.24, 2.45) is 5.73 Å². The number of benzene rings is 1. The normalized spacial score (nSPS) is 12.8. The lowest BCUT2D eigenvalue weighted by molar-refractivity contribution is 0.453. The Morgan fingerprint density at radius 2 is 2.29 bits per heavy atom. The standard InChI is InChI=1S/C15H16BrN3OS/c1-9-7-11(16)3-4-13(9)20-14-12(8-10(2)17)19-5-6-21-15(19)18-14/h3-7,10H,8,17H2,1-2H3. The molecular formula is C15H16BrN3OS. The Balaban J connectivity index is 2.01. The number of aryl methyl sites for hydroxylation is 1. The summed E-state index contributed by atoms with van der Waals surface area (Å²) < 4.78 is 9.13. The van der Waals surface area contributed by atoms with Crippen LogP contribution in [-0.4, -0.2) is 15.4 Å². The minimum atomic E-state index is 0.0539. The lowest BCUT2D eigenvalue weighted by atomic mass is 10.2. The minimum Gasteiger partial charge on any atom is -0.437 e. The van der Waals surface area contributed by atoms with Gasteiger partial charge in [0.1, 0.15) is 5.75 Å². The first-order valence-electron chi connectivity index (χ1n) is 6.68. The van der Waals surface area contributed by atoms with Crippen molar-refractivity contribution in [2.75, 3.05) is 0 Å². The highest BCUT2D eigenvalue weighted by Crippen LogP contribution is 2.31. The van der Waals surface area contributed by atoms with Crippen LogP contribution in [0.1, 0.15) is 18.2 Å². The summed E-state index contributed by atoms with van der Waals surface area (Å²) in [7, 11) is 0. The average molecular weight is 366 g/mol. The van der Waals surface area contributed by atoms with Gasteiger partial charge in [-0.15, -0.1) is 11.3 Å². The maximum atomic E-state index is 6.04. The molecule has 1 aromatic carbocycles. The van der Waals surface area contributed by atoms with Gasteiger partial charge in [0.2, 0.25) is 5.88 Å². The van der Waals surface area contributed by atoms with Crippen LogP contribution in [0.4, 0.5) is 0 Å². The highest BCUT2D eigenvalue weighted by Gasteiger charge is 2.17. The molecule has 0 saturated carbocycles. The molecule has 0 aliphatic carbocycles. The van der Waals surface area contributed by atoms with Crippen molar-refractivity contribution in [3.8, 4) is 11.6 Å². The SMILES string of the molecule is Cc1cc(Br)ccc1Oc1nc2sccn2c1CC(C)N. The van der Waals surface area contributed by atoms with E-state index in [-0.39, 0.29) is 6.04 Å². The van der Waals surface area contributed by atoms with Crippen molar-refractivity contribution in [2.45, 2.75) is 26.3 Å². The van der Waals surface area contributed by atoms with Gasteiger partial charge in [-0.05, 0) is 37.6 Å². The zero-order chi connectivity index (χ0) is 15.0. The van der Waals surface area contributed by atoms with Gasteiger partial charge in [0, 0.05) is 28.5 Å². The van der Waals surface area contributed by atoms with Gasteiger partial charge in [-0.2, -0.15) is 4.98 Å². The van der Waals surface area contributed by atoms with Gasteiger partial charge in [0.05, 0.1) is 5.69 Å². The second kappa shape index (κ2) is 5.79. The summed E-state index contributed by atoms with van der Waals surface area (Å²) in [6.45, 7) is 4.00. The summed E-state index contributed by atoms with van der Waals surface area (Å²) in [5.74, 6) is 1.46. The molecule has 2 N–H and O–H groups in total. The third-order valence-corrected chi connectivity index (χ3v) is 4.43. The second-order valence-corrected chi connectivity index (χ2v) is 6.90. The van der Waals surface area contributed by atoms with E-state index in [1.165, 1.54) is 0 Å². The maximum absolute atomic E-state index is 6.04. The van der Waals surface area contributed by atoms with E-state index in [9.17, 15) is 0 Å². The van der Waals surface area contributed by atoms with E-state index >= 15 is 0 Å². The Morgan fingerprint density at radius 3 is 3.00 bits per heavy atom. The Morgan fingerprint density at radius 1 is 1.48 bits per heavy atom. The third-order valence-electron chi connectivity index (χ3n) is 3.18. The summed E-state index contributed by atoms with van der Waals surface area (Å²) >= 11 is 5.05. The van der Waals surface area contributed by atoms with Crippen LogP contribution >= 0.6 is 27.3 Å². The molecule has 0 fully saturated rings. The summed E-state index contributed by atoms with van der Waals surface area (Å²) in [5, 5.41) is 2.02. The Kier molecular flexibility index (Phi) is 4.01. The average Bonchev–Trinajstić information content (AvgIpc) is 2.96. The van der Waals surface area contributed by atoms with Crippen molar-refractivity contribution < 1.29 is 4.74 Å². The number of fused-ring (bicyclic) bond motifs is 1. The largest absolute Gasteiger partial charge is 0.437 e. The van der Waals surface area contributed by atoms with E-state index in [1.807, 2.05) is 43.6 Å². The highest BCUT2D eigenvalue weighted by molar-refractivity contribution is 9.10. The van der Waals surface area contributed by atoms with Crippen molar-refractivity contribution in [1.82, 2.24) is 9.38 Å². The highest BCUT2D eigenvalue weighted by atomic mass is 79.9. The molecular weight excluding hydrogens is 350 g/mol. The monoisotopic (exact) mass is 365 g/mol. The predicted molar refractivity (Wildman–Crippen MR) is 89.4 cm³/mol. The zero-order valence-electron chi connectivity index (χ0n) is 11.8. The zero-order valence-corrected chi connectivity index (χ0v) is 14.2. The molecule has 0 spiro atoms. The van der Waals surface area contributed by atoms with Crippen LogP contribution in [0.3, 0.4) is 0 Å². The summed E-state index contributed by atoms with van der Waals surface area (Å²) in [6.07, 6.45) is 2.73. The molecule has 2 aromatic heterocycles. The molecule has 4 nitrogen and oxygen atoms in total. The number of rotatable bonds is 4. The molecule has 3 aromatic rings. The first-order chi connectivity index (χ1) is 10.0. The van der Waals surface area contributed by atoms with Gasteiger partial charge >= 0.3 is 0 Å². The van der Waals surface area contributed by atoms with Gasteiger partial charge in [0.15, 0.2) is 4.96 Å². The summed E-state index contributed by atoms with van der Waals surface area (Å²) in [6, 6.07) is 5.99. The summed E-state index contributed by atoms with van der Waals surface area (Å²) in [4.78, 5) is 5.50. The molecule has 2 heterocycles. The molecule has 1 atom stereocenters. The van der Waals surface area contributed by atoms with E-state index in [0.29, 0.717) is 5.88 Å². The molecule has 1 unspecified atom stereocenters. The van der Waals surface area contributed by atoms with E-state index in [2.05, 4.69) is 25.3 Å². The number of thiazole rings is 1. The first kappa shape index (κ1) is 14.6. The van der Waals surface area contributed by atoms with Crippen LogP contribution in [0.5, 0.6) is 11.6 Å². The number of halogens is 1. The number of imidazole rings is 1. The number of aromatic nitrogens is 2. The van der Waals surface area contributed by atoms with Gasteiger partial charge in [0.25, 0.3) is 0 Å². The number of ether oxygens (including phenoxy) is 1. The van der Waals surface area contributed by atoms with Crippen LogP contribution in [0.15, 0.2) is 34.2 Å². The molecule has 6 heteroatoms. The van der Waals surface area contributed by atoms with Crippen LogP contribution in [0, 0.1) is 6.92 Å². The fourth-order valence-electron chi connectivity index (χ4n) is 2.22. The van der Waals surface area contributed by atoms with Crippen molar-refractivity contribution in [1.29, 1.82) is 0 Å². The predicted octanol–water partition coefficient (Wildman–Crippen LogP) is 4.15. The molecule has 21 heavy (non-hydrogen) atoms. The lowest BCUT2D eigenvalue weighted by Crippen LogP contribution is -2.19. The van der Waals surface area contributed by atoms with Crippen LogP contribution in [0.25, 0.3) is 4.96 Å². The third kappa shape index (κ3) is 2.97. The van der Waals surface area contributed by atoms with Crippen LogP contribution in [0.2, 0.25) is 0 Å². The summed E-state index contributed by atoms with van der Waals surface area (Å²) in [5.41, 5.74) is 8.04. The van der Waals surface area contributed by atoms with Gasteiger partial charge in [-0.25, -0.2) is 0 Å². The maximum Gasteiger partial charge on any atom is 0.242 e. The molecule has 0 bridgehead atoms. The van der Waals surface area contributed by atoms with E-state index in [1.54, 1.807) is 11.3 Å². The van der Waals surface area contributed by atoms with E-state index in [4.69, 9.17) is 10.5 Å². The number of hydrogen-bond donors (Lipinski definition) is 1. The lowest BCUT2D eigenvalue weighted by Gasteiger charge is -2.10. The fourth-order valence-corrected chi connectivity index (χ4v) is 3.42. The quantitative estimate of drug-likeness (QED) is 0.755. The molecule has 110 valence electrons. The molecule has 0 aliphatic rings. The molecule has 0 aliphatic heterocycles. The van der Waals surface area contributed by atoms with E-state index < -0.39 is 0 Å². The Bertz CT molecular complexity index is 778. The van der Waals surface area contributed by atoms with Crippen molar-refractivity contribution in [3.63, 3.8) is 0 Å². The Hall–Kier alpha value is -1.37. The van der Waals surface area contributed by atoms with Crippen molar-refractivity contribution in [3.05, 3.63) is 45.5 Å². The first-order valence-corrected chi connectivity index (χ1v) is 8.36. The van der Waals surface area contributed by atoms with Crippen molar-refractivity contribution >= 4 is 32.2 Å². The molecule has 3 rings (SSSR count). The molecule has 0 saturated heterocycles. The van der Waals surface area contributed by atoms with Gasteiger partial charge in [-0.3, -0.25) is 4.40 Å². The topological polar surface area (TPSA) is 52.5 Å². The number of hydrogen-bond acceptors (Lipinski definition) is 4. The molecule has 0 radical (unpaired) electrons. The number of nitrogens with zero attached hydrogens (tertiary/aromatic N) is 2. The van der Waals surface area contributed by atoms with Crippen LogP contribution in [-0.2, 0) is 6.42 Å². The van der Waals surface area contributed by atoms with E-state index in [0.717, 1.165) is 32.9 Å². The second-order valence-electron chi connectivity index (χ2n) is 5.11. The minimum absolute atomic E-state index is 0.0539.